The molecule has 0 aliphatic heterocycles. The largest absolute Gasteiger partial charge is 0.232 e. The molecule has 0 saturated carbocycles. The molecule has 0 aliphatic rings. The van der Waals surface area contributed by atoms with Crippen LogP contribution < -0.4 is 10.4 Å². The number of rotatable bonds is 4. The molecule has 0 aromatic heterocycles. The molecule has 0 spiro atoms. The second-order valence-electron chi connectivity index (χ2n) is 3.08. The van der Waals surface area contributed by atoms with Gasteiger partial charge in [-0.1, -0.05) is 25.5 Å². The predicted octanol–water partition coefficient (Wildman–Crippen LogP) is 2.86. The zero-order valence-electron chi connectivity index (χ0n) is 7.83. The lowest BCUT2D eigenvalue weighted by Gasteiger charge is -2.08. The molecule has 0 bridgehead atoms. The molecule has 0 heterocycles. The Morgan fingerprint density at radius 3 is 2.38 bits per heavy atom. The molecule has 0 unspecified atom stereocenters. The molecule has 0 atom stereocenters. The highest BCUT2D eigenvalue weighted by molar-refractivity contribution is 6.24. The Balaban J connectivity index is 2.59. The maximum absolute atomic E-state index is 5.57. The summed E-state index contributed by atoms with van der Waals surface area (Å²) < 4.78 is 1.10. The van der Waals surface area contributed by atoms with Crippen molar-refractivity contribution < 1.29 is 0 Å². The summed E-state index contributed by atoms with van der Waals surface area (Å²) in [7, 11) is 0. The van der Waals surface area contributed by atoms with E-state index in [9.17, 15) is 0 Å². The van der Waals surface area contributed by atoms with Gasteiger partial charge in [0.25, 0.3) is 0 Å². The van der Waals surface area contributed by atoms with E-state index in [0.29, 0.717) is 0 Å². The lowest BCUT2D eigenvalue weighted by Crippen LogP contribution is -2.17. The lowest BCUT2D eigenvalue weighted by atomic mass is 10.1. The fourth-order valence-corrected chi connectivity index (χ4v) is 1.30. The van der Waals surface area contributed by atoms with Crippen LogP contribution in [0.1, 0.15) is 25.3 Å². The first-order valence-corrected chi connectivity index (χ1v) is 4.87. The van der Waals surface area contributed by atoms with Crippen LogP contribution >= 0.6 is 11.8 Å². The van der Waals surface area contributed by atoms with Crippen molar-refractivity contribution in [3.63, 3.8) is 0 Å². The third kappa shape index (κ3) is 3.25. The van der Waals surface area contributed by atoms with Gasteiger partial charge in [-0.05, 0) is 30.5 Å². The minimum absolute atomic E-state index is 0.821. The van der Waals surface area contributed by atoms with Gasteiger partial charge in [-0.3, -0.25) is 0 Å². The average molecular weight is 199 g/mol. The molecule has 0 amide bonds. The predicted molar refractivity (Wildman–Crippen MR) is 57.6 cm³/mol. The Morgan fingerprint density at radius 1 is 1.31 bits per heavy atom. The van der Waals surface area contributed by atoms with Gasteiger partial charge in [0.05, 0.1) is 5.69 Å². The van der Waals surface area contributed by atoms with E-state index < -0.39 is 0 Å². The van der Waals surface area contributed by atoms with Crippen LogP contribution in [0.5, 0.6) is 0 Å². The van der Waals surface area contributed by atoms with Crippen molar-refractivity contribution >= 4 is 17.5 Å². The number of hydrazine groups is 1. The standard InChI is InChI=1S/C10H15ClN2/c1-2-3-4-9-5-7-10(8-6-9)13(11)12/h5-8H,2-4,12H2,1H3. The quantitative estimate of drug-likeness (QED) is 0.458. The zero-order chi connectivity index (χ0) is 9.68. The SMILES string of the molecule is CCCCc1ccc(N(N)Cl)cc1. The van der Waals surface area contributed by atoms with Crippen molar-refractivity contribution in [3.05, 3.63) is 29.8 Å². The highest BCUT2D eigenvalue weighted by Gasteiger charge is 1.97. The number of hydrogen-bond donors (Lipinski definition) is 1. The molecular weight excluding hydrogens is 184 g/mol. The molecule has 0 saturated heterocycles. The summed E-state index contributed by atoms with van der Waals surface area (Å²) in [5.74, 6) is 5.36. The van der Waals surface area contributed by atoms with E-state index in [0.717, 1.165) is 16.6 Å². The van der Waals surface area contributed by atoms with Crippen LogP contribution in [-0.2, 0) is 6.42 Å². The summed E-state index contributed by atoms with van der Waals surface area (Å²) in [5, 5.41) is 0. The zero-order valence-corrected chi connectivity index (χ0v) is 8.59. The summed E-state index contributed by atoms with van der Waals surface area (Å²) in [5.41, 5.74) is 2.16. The number of hydrogen-bond acceptors (Lipinski definition) is 2. The van der Waals surface area contributed by atoms with E-state index in [1.165, 1.54) is 18.4 Å². The smallest absolute Gasteiger partial charge is 0.0703 e. The van der Waals surface area contributed by atoms with Gasteiger partial charge in [-0.15, -0.1) is 0 Å². The van der Waals surface area contributed by atoms with E-state index in [-0.39, 0.29) is 0 Å². The highest BCUT2D eigenvalue weighted by atomic mass is 35.5. The average Bonchev–Trinajstić information content (AvgIpc) is 2.15. The molecule has 72 valence electrons. The normalized spacial score (nSPS) is 10.1. The summed E-state index contributed by atoms with van der Waals surface area (Å²) >= 11 is 5.57. The summed E-state index contributed by atoms with van der Waals surface area (Å²) in [6.45, 7) is 2.19. The van der Waals surface area contributed by atoms with Crippen molar-refractivity contribution in [3.8, 4) is 0 Å². The van der Waals surface area contributed by atoms with Gasteiger partial charge < -0.3 is 0 Å². The molecule has 0 fully saturated rings. The molecule has 1 aromatic rings. The number of halogens is 1. The number of unbranched alkanes of at least 4 members (excludes halogenated alkanes) is 1. The van der Waals surface area contributed by atoms with E-state index in [2.05, 4.69) is 19.1 Å². The van der Waals surface area contributed by atoms with Crippen LogP contribution in [0.2, 0.25) is 0 Å². The number of aryl methyl sites for hydroxylation is 1. The number of nitrogens with two attached hydrogens (primary N) is 1. The van der Waals surface area contributed by atoms with Crippen molar-refractivity contribution in [2.75, 3.05) is 4.53 Å². The fraction of sp³-hybridized carbons (Fsp3) is 0.400. The van der Waals surface area contributed by atoms with Crippen LogP contribution in [0.4, 0.5) is 5.69 Å². The number of nitrogens with zero attached hydrogens (tertiary/aromatic N) is 1. The molecule has 1 rings (SSSR count). The van der Waals surface area contributed by atoms with E-state index in [1.807, 2.05) is 12.1 Å². The van der Waals surface area contributed by atoms with E-state index >= 15 is 0 Å². The molecule has 2 N–H and O–H groups in total. The van der Waals surface area contributed by atoms with Crippen molar-refractivity contribution in [2.24, 2.45) is 5.84 Å². The van der Waals surface area contributed by atoms with Crippen molar-refractivity contribution in [1.82, 2.24) is 0 Å². The van der Waals surface area contributed by atoms with Gasteiger partial charge >= 0.3 is 0 Å². The van der Waals surface area contributed by atoms with E-state index in [1.54, 1.807) is 0 Å². The Bertz CT molecular complexity index is 244. The third-order valence-electron chi connectivity index (χ3n) is 2.00. The van der Waals surface area contributed by atoms with Gasteiger partial charge in [-0.2, -0.15) is 0 Å². The lowest BCUT2D eigenvalue weighted by molar-refractivity contribution is 0.795. The van der Waals surface area contributed by atoms with Crippen LogP contribution in [-0.4, -0.2) is 0 Å². The van der Waals surface area contributed by atoms with Gasteiger partial charge in [0, 0.05) is 11.8 Å². The van der Waals surface area contributed by atoms with Crippen molar-refractivity contribution in [2.45, 2.75) is 26.2 Å². The van der Waals surface area contributed by atoms with Gasteiger partial charge in [0.1, 0.15) is 0 Å². The van der Waals surface area contributed by atoms with Gasteiger partial charge in [0.15, 0.2) is 0 Å². The number of benzene rings is 1. The van der Waals surface area contributed by atoms with Crippen LogP contribution in [0.3, 0.4) is 0 Å². The highest BCUT2D eigenvalue weighted by Crippen LogP contribution is 2.14. The first-order chi connectivity index (χ1) is 6.24. The molecule has 3 heteroatoms. The summed E-state index contributed by atoms with van der Waals surface area (Å²) in [6, 6.07) is 7.98. The fourth-order valence-electron chi connectivity index (χ4n) is 1.19. The minimum atomic E-state index is 0.821. The molecule has 1 aromatic carbocycles. The molecule has 2 nitrogen and oxygen atoms in total. The second kappa shape index (κ2) is 5.10. The molecular formula is C10H15ClN2. The second-order valence-corrected chi connectivity index (χ2v) is 3.45. The maximum atomic E-state index is 5.57. The van der Waals surface area contributed by atoms with Crippen LogP contribution in [0, 0.1) is 0 Å². The van der Waals surface area contributed by atoms with Crippen LogP contribution in [0.25, 0.3) is 0 Å². The van der Waals surface area contributed by atoms with E-state index in [4.69, 9.17) is 17.6 Å². The first-order valence-electron chi connectivity index (χ1n) is 4.53. The van der Waals surface area contributed by atoms with Gasteiger partial charge in [-0.25, -0.2) is 10.4 Å². The first kappa shape index (κ1) is 10.4. The molecule has 0 radical (unpaired) electrons. The number of anilines is 1. The van der Waals surface area contributed by atoms with Gasteiger partial charge in [0.2, 0.25) is 0 Å². The van der Waals surface area contributed by atoms with Crippen molar-refractivity contribution in [1.29, 1.82) is 0 Å². The Kier molecular flexibility index (Phi) is 4.06. The maximum Gasteiger partial charge on any atom is 0.0703 e. The van der Waals surface area contributed by atoms with Crippen LogP contribution in [0.15, 0.2) is 24.3 Å². The molecule has 0 aliphatic carbocycles. The topological polar surface area (TPSA) is 29.3 Å². The summed E-state index contributed by atoms with van der Waals surface area (Å²) in [6.07, 6.45) is 3.58. The summed E-state index contributed by atoms with van der Waals surface area (Å²) in [4.78, 5) is 0. The Hall–Kier alpha value is -0.730. The Labute approximate surface area is 84.4 Å². The molecule has 13 heavy (non-hydrogen) atoms. The monoisotopic (exact) mass is 198 g/mol. The minimum Gasteiger partial charge on any atom is -0.232 e. The third-order valence-corrected chi connectivity index (χ3v) is 2.20. The Morgan fingerprint density at radius 2 is 1.92 bits per heavy atom.